The predicted molar refractivity (Wildman–Crippen MR) is 104 cm³/mol. The van der Waals surface area contributed by atoms with E-state index in [-0.39, 0.29) is 5.82 Å². The molecule has 0 atom stereocenters. The summed E-state index contributed by atoms with van der Waals surface area (Å²) in [4.78, 5) is 16.1. The van der Waals surface area contributed by atoms with E-state index >= 15 is 0 Å². The predicted octanol–water partition coefficient (Wildman–Crippen LogP) is 4.39. The zero-order valence-corrected chi connectivity index (χ0v) is 14.6. The number of pyridine rings is 1. The Hall–Kier alpha value is -3.34. The van der Waals surface area contributed by atoms with Crippen molar-refractivity contribution in [3.05, 3.63) is 83.9 Å². The molecular weight excluding hydrogens is 339 g/mol. The Balaban J connectivity index is 1.63. The molecule has 4 nitrogen and oxygen atoms in total. The second-order valence-electron chi connectivity index (χ2n) is 6.71. The summed E-state index contributed by atoms with van der Waals surface area (Å²) in [6.45, 7) is 1.51. The Kier molecular flexibility index (Phi) is 3.78. The molecule has 0 N–H and O–H groups in total. The van der Waals surface area contributed by atoms with Crippen LogP contribution in [0.25, 0.3) is 22.3 Å². The molecule has 1 aliphatic heterocycles. The van der Waals surface area contributed by atoms with Crippen LogP contribution in [0.4, 0.5) is 10.2 Å². The minimum absolute atomic E-state index is 0.173. The molecule has 0 spiro atoms. The minimum Gasteiger partial charge on any atom is -0.351 e. The van der Waals surface area contributed by atoms with Crippen molar-refractivity contribution in [3.8, 4) is 11.4 Å². The van der Waals surface area contributed by atoms with Crippen LogP contribution in [-0.4, -0.2) is 21.5 Å². The van der Waals surface area contributed by atoms with Crippen molar-refractivity contribution < 1.29 is 4.39 Å². The third kappa shape index (κ3) is 2.91. The minimum atomic E-state index is -0.173. The van der Waals surface area contributed by atoms with E-state index in [2.05, 4.69) is 16.0 Å². The van der Waals surface area contributed by atoms with E-state index in [0.717, 1.165) is 46.4 Å². The van der Waals surface area contributed by atoms with Crippen molar-refractivity contribution in [1.82, 2.24) is 15.0 Å². The molecule has 4 aromatic rings. The normalized spacial score (nSPS) is 13.6. The van der Waals surface area contributed by atoms with Crippen molar-refractivity contribution in [2.24, 2.45) is 0 Å². The summed E-state index contributed by atoms with van der Waals surface area (Å²) in [6.07, 6.45) is 4.32. The summed E-state index contributed by atoms with van der Waals surface area (Å²) in [5.74, 6) is 1.41. The van der Waals surface area contributed by atoms with E-state index in [1.54, 1.807) is 18.5 Å². The first kappa shape index (κ1) is 15.9. The molecule has 132 valence electrons. The fourth-order valence-corrected chi connectivity index (χ4v) is 3.63. The van der Waals surface area contributed by atoms with Crippen LogP contribution >= 0.6 is 0 Å². The van der Waals surface area contributed by atoms with Gasteiger partial charge in [-0.25, -0.2) is 14.4 Å². The lowest BCUT2D eigenvalue weighted by Gasteiger charge is -2.30. The van der Waals surface area contributed by atoms with Gasteiger partial charge in [0.05, 0.1) is 5.52 Å². The van der Waals surface area contributed by atoms with Crippen LogP contribution in [-0.2, 0) is 13.0 Å². The highest BCUT2D eigenvalue weighted by molar-refractivity contribution is 5.91. The fourth-order valence-electron chi connectivity index (χ4n) is 3.63. The Labute approximate surface area is 156 Å². The number of benzene rings is 2. The Bertz CT molecular complexity index is 1130. The lowest BCUT2D eigenvalue weighted by atomic mass is 9.99. The lowest BCUT2D eigenvalue weighted by Crippen LogP contribution is -2.31. The summed E-state index contributed by atoms with van der Waals surface area (Å²) < 4.78 is 13.5. The quantitative estimate of drug-likeness (QED) is 0.534. The first-order valence-corrected chi connectivity index (χ1v) is 8.97. The molecule has 0 amide bonds. The second-order valence-corrected chi connectivity index (χ2v) is 6.71. The average molecular weight is 356 g/mol. The third-order valence-corrected chi connectivity index (χ3v) is 4.98. The van der Waals surface area contributed by atoms with E-state index in [4.69, 9.17) is 9.97 Å². The standard InChI is InChI=1S/C22H17FN4/c23-18-8-7-17-14-27(11-9-15(17)12-18)22-19-5-1-2-6-20(19)25-21(26-22)16-4-3-10-24-13-16/h1-8,10,12-13H,9,11,14H2. The van der Waals surface area contributed by atoms with Crippen molar-refractivity contribution >= 4 is 16.7 Å². The van der Waals surface area contributed by atoms with Crippen LogP contribution in [0.5, 0.6) is 0 Å². The van der Waals surface area contributed by atoms with Gasteiger partial charge in [-0.1, -0.05) is 18.2 Å². The molecule has 0 unspecified atom stereocenters. The summed E-state index contributed by atoms with van der Waals surface area (Å²) in [5, 5.41) is 1.02. The average Bonchev–Trinajstić information content (AvgIpc) is 2.73. The maximum Gasteiger partial charge on any atom is 0.163 e. The summed E-state index contributed by atoms with van der Waals surface area (Å²) in [6, 6.07) is 17.0. The molecule has 3 heterocycles. The number of hydrogen-bond acceptors (Lipinski definition) is 4. The number of hydrogen-bond donors (Lipinski definition) is 0. The topological polar surface area (TPSA) is 41.9 Å². The number of para-hydroxylation sites is 1. The number of anilines is 1. The molecule has 1 aliphatic rings. The summed E-state index contributed by atoms with van der Waals surface area (Å²) in [5.41, 5.74) is 4.03. The lowest BCUT2D eigenvalue weighted by molar-refractivity contribution is 0.619. The molecule has 27 heavy (non-hydrogen) atoms. The van der Waals surface area contributed by atoms with Gasteiger partial charge in [0, 0.05) is 36.4 Å². The number of halogens is 1. The number of fused-ring (bicyclic) bond motifs is 2. The molecule has 0 saturated heterocycles. The molecule has 0 fully saturated rings. The Morgan fingerprint density at radius 1 is 0.926 bits per heavy atom. The zero-order valence-electron chi connectivity index (χ0n) is 14.6. The Morgan fingerprint density at radius 2 is 1.85 bits per heavy atom. The van der Waals surface area contributed by atoms with Gasteiger partial charge < -0.3 is 4.90 Å². The number of rotatable bonds is 2. The van der Waals surface area contributed by atoms with Crippen LogP contribution in [0.15, 0.2) is 67.0 Å². The van der Waals surface area contributed by atoms with E-state index in [9.17, 15) is 4.39 Å². The third-order valence-electron chi connectivity index (χ3n) is 4.98. The highest BCUT2D eigenvalue weighted by atomic mass is 19.1. The largest absolute Gasteiger partial charge is 0.351 e. The monoisotopic (exact) mass is 356 g/mol. The van der Waals surface area contributed by atoms with Gasteiger partial charge >= 0.3 is 0 Å². The van der Waals surface area contributed by atoms with Crippen molar-refractivity contribution in [1.29, 1.82) is 0 Å². The van der Waals surface area contributed by atoms with Crippen molar-refractivity contribution in [2.75, 3.05) is 11.4 Å². The number of nitrogens with zero attached hydrogens (tertiary/aromatic N) is 4. The van der Waals surface area contributed by atoms with Crippen LogP contribution in [0.3, 0.4) is 0 Å². The maximum atomic E-state index is 13.5. The van der Waals surface area contributed by atoms with Crippen LogP contribution in [0.1, 0.15) is 11.1 Å². The van der Waals surface area contributed by atoms with Crippen LogP contribution in [0.2, 0.25) is 0 Å². The zero-order chi connectivity index (χ0) is 18.2. The van der Waals surface area contributed by atoms with Crippen LogP contribution in [0, 0.1) is 5.82 Å². The van der Waals surface area contributed by atoms with Gasteiger partial charge in [-0.3, -0.25) is 4.98 Å². The van der Waals surface area contributed by atoms with Gasteiger partial charge in [-0.15, -0.1) is 0 Å². The van der Waals surface area contributed by atoms with Gasteiger partial charge in [0.25, 0.3) is 0 Å². The second kappa shape index (κ2) is 6.43. The molecular formula is C22H17FN4. The Morgan fingerprint density at radius 3 is 2.74 bits per heavy atom. The molecule has 5 heteroatoms. The SMILES string of the molecule is Fc1ccc2c(c1)CCN(c1nc(-c3cccnc3)nc3ccccc13)C2. The highest BCUT2D eigenvalue weighted by Gasteiger charge is 2.21. The summed E-state index contributed by atoms with van der Waals surface area (Å²) >= 11 is 0. The molecule has 2 aromatic carbocycles. The highest BCUT2D eigenvalue weighted by Crippen LogP contribution is 2.31. The molecule has 0 bridgehead atoms. The smallest absolute Gasteiger partial charge is 0.163 e. The first-order chi connectivity index (χ1) is 13.3. The van der Waals surface area contributed by atoms with Crippen molar-refractivity contribution in [3.63, 3.8) is 0 Å². The first-order valence-electron chi connectivity index (χ1n) is 8.97. The molecule has 5 rings (SSSR count). The van der Waals surface area contributed by atoms with E-state index in [0.29, 0.717) is 12.4 Å². The maximum absolute atomic E-state index is 13.5. The van der Waals surface area contributed by atoms with Gasteiger partial charge in [0.1, 0.15) is 11.6 Å². The molecule has 2 aromatic heterocycles. The van der Waals surface area contributed by atoms with E-state index in [1.807, 2.05) is 36.4 Å². The van der Waals surface area contributed by atoms with Gasteiger partial charge in [-0.2, -0.15) is 0 Å². The number of aromatic nitrogens is 3. The van der Waals surface area contributed by atoms with Gasteiger partial charge in [0.2, 0.25) is 0 Å². The van der Waals surface area contributed by atoms with Gasteiger partial charge in [0.15, 0.2) is 5.82 Å². The van der Waals surface area contributed by atoms with E-state index in [1.165, 1.54) is 6.07 Å². The fraction of sp³-hybridized carbons (Fsp3) is 0.136. The molecule has 0 aliphatic carbocycles. The van der Waals surface area contributed by atoms with Gasteiger partial charge in [-0.05, 0) is 53.9 Å². The van der Waals surface area contributed by atoms with E-state index < -0.39 is 0 Å². The van der Waals surface area contributed by atoms with Crippen molar-refractivity contribution in [2.45, 2.75) is 13.0 Å². The summed E-state index contributed by atoms with van der Waals surface area (Å²) in [7, 11) is 0. The molecule has 0 saturated carbocycles. The molecule has 0 radical (unpaired) electrons. The van der Waals surface area contributed by atoms with Crippen LogP contribution < -0.4 is 4.90 Å².